The lowest BCUT2D eigenvalue weighted by Gasteiger charge is -2.13. The number of fused-ring (bicyclic) bond motifs is 1. The van der Waals surface area contributed by atoms with E-state index in [0.29, 0.717) is 12.0 Å². The lowest BCUT2D eigenvalue weighted by Crippen LogP contribution is -2.41. The van der Waals surface area contributed by atoms with E-state index in [2.05, 4.69) is 20.3 Å². The number of carbonyl (C=O) groups is 2. The number of aromatic nitrogens is 3. The number of hydrogen-bond acceptors (Lipinski definition) is 5. The molecule has 9 nitrogen and oxygen atoms in total. The van der Waals surface area contributed by atoms with Gasteiger partial charge in [-0.25, -0.2) is 14.6 Å². The van der Waals surface area contributed by atoms with Crippen molar-refractivity contribution in [3.05, 3.63) is 38.2 Å². The van der Waals surface area contributed by atoms with Crippen LogP contribution in [0, 0.1) is 6.92 Å². The van der Waals surface area contributed by atoms with E-state index in [0.717, 1.165) is 0 Å². The normalized spacial score (nSPS) is 12.1. The molecule has 23 heavy (non-hydrogen) atoms. The first-order valence-corrected chi connectivity index (χ1v) is 7.01. The fraction of sp³-hybridized carbons (Fsp3) is 0.357. The van der Waals surface area contributed by atoms with Gasteiger partial charge >= 0.3 is 11.7 Å². The van der Waals surface area contributed by atoms with Crippen LogP contribution in [0.1, 0.15) is 35.8 Å². The van der Waals surface area contributed by atoms with Gasteiger partial charge in [-0.2, -0.15) is 0 Å². The minimum atomic E-state index is -1.14. The monoisotopic (exact) mass is 320 g/mol. The number of carboxylic acid groups (broad SMARTS) is 1. The second kappa shape index (κ2) is 6.42. The summed E-state index contributed by atoms with van der Waals surface area (Å²) in [5.74, 6) is -1.82. The van der Waals surface area contributed by atoms with Crippen molar-refractivity contribution in [2.45, 2.75) is 32.7 Å². The minimum Gasteiger partial charge on any atom is -0.480 e. The number of rotatable bonds is 5. The molecule has 0 aliphatic heterocycles. The second-order valence-electron chi connectivity index (χ2n) is 5.11. The third-order valence-electron chi connectivity index (χ3n) is 3.32. The third-order valence-corrected chi connectivity index (χ3v) is 3.32. The van der Waals surface area contributed by atoms with Gasteiger partial charge in [0.1, 0.15) is 17.4 Å². The highest BCUT2D eigenvalue weighted by molar-refractivity contribution is 5.97. The number of hydrogen-bond donors (Lipinski definition) is 4. The number of carboxylic acids is 1. The molecule has 1 unspecified atom stereocenters. The zero-order valence-corrected chi connectivity index (χ0v) is 12.6. The Morgan fingerprint density at radius 3 is 2.65 bits per heavy atom. The molecule has 0 bridgehead atoms. The van der Waals surface area contributed by atoms with E-state index < -0.39 is 29.2 Å². The van der Waals surface area contributed by atoms with Crippen molar-refractivity contribution < 1.29 is 14.7 Å². The Labute approximate surface area is 129 Å². The van der Waals surface area contributed by atoms with Crippen LogP contribution in [0.5, 0.6) is 0 Å². The summed E-state index contributed by atoms with van der Waals surface area (Å²) in [5, 5.41) is 11.6. The van der Waals surface area contributed by atoms with E-state index in [1.807, 2.05) is 0 Å². The topological polar surface area (TPSA) is 145 Å². The molecule has 122 valence electrons. The van der Waals surface area contributed by atoms with Gasteiger partial charge in [-0.1, -0.05) is 13.3 Å². The van der Waals surface area contributed by atoms with Crippen LogP contribution in [0.4, 0.5) is 0 Å². The Hall–Kier alpha value is -2.97. The van der Waals surface area contributed by atoms with E-state index in [9.17, 15) is 19.2 Å². The maximum atomic E-state index is 12.2. The highest BCUT2D eigenvalue weighted by atomic mass is 16.4. The van der Waals surface area contributed by atoms with Crippen LogP contribution >= 0.6 is 0 Å². The van der Waals surface area contributed by atoms with Gasteiger partial charge in [0.2, 0.25) is 0 Å². The lowest BCUT2D eigenvalue weighted by molar-refractivity contribution is -0.139. The number of amides is 1. The summed E-state index contributed by atoms with van der Waals surface area (Å²) in [6.45, 7) is 3.40. The quantitative estimate of drug-likeness (QED) is 0.605. The minimum absolute atomic E-state index is 0.0220. The molecule has 2 aromatic rings. The summed E-state index contributed by atoms with van der Waals surface area (Å²) in [6, 6.07) is 0.347. The van der Waals surface area contributed by atoms with Gasteiger partial charge in [-0.3, -0.25) is 19.6 Å². The van der Waals surface area contributed by atoms with Crippen LogP contribution < -0.4 is 16.6 Å². The number of aliphatic carboxylic acids is 1. The molecule has 0 aliphatic rings. The van der Waals surface area contributed by atoms with Crippen molar-refractivity contribution in [3.63, 3.8) is 0 Å². The van der Waals surface area contributed by atoms with E-state index in [1.54, 1.807) is 13.8 Å². The molecule has 9 heteroatoms. The van der Waals surface area contributed by atoms with Crippen LogP contribution in [0.3, 0.4) is 0 Å². The number of nitrogens with one attached hydrogen (secondary N) is 3. The van der Waals surface area contributed by atoms with Gasteiger partial charge in [-0.05, 0) is 25.0 Å². The molecule has 2 heterocycles. The molecule has 0 saturated carbocycles. The number of nitrogens with zero attached hydrogens (tertiary/aromatic N) is 1. The zero-order valence-electron chi connectivity index (χ0n) is 12.6. The van der Waals surface area contributed by atoms with Crippen LogP contribution in [-0.2, 0) is 4.79 Å². The number of H-pyrrole nitrogens is 2. The number of pyridine rings is 1. The van der Waals surface area contributed by atoms with Gasteiger partial charge in [0.25, 0.3) is 11.5 Å². The van der Waals surface area contributed by atoms with Gasteiger partial charge in [0, 0.05) is 0 Å². The number of aromatic amines is 2. The molecule has 4 N–H and O–H groups in total. The van der Waals surface area contributed by atoms with E-state index in [1.165, 1.54) is 6.07 Å². The van der Waals surface area contributed by atoms with Crippen molar-refractivity contribution in [3.8, 4) is 0 Å². The SMILES string of the molecule is CCCC(NC(=O)c1cc(C)c2c(=O)[nH]c(=O)[nH]c2n1)C(=O)O. The predicted molar refractivity (Wildman–Crippen MR) is 81.5 cm³/mol. The van der Waals surface area contributed by atoms with Gasteiger partial charge < -0.3 is 10.4 Å². The van der Waals surface area contributed by atoms with Gasteiger partial charge in [-0.15, -0.1) is 0 Å². The van der Waals surface area contributed by atoms with E-state index in [-0.39, 0.29) is 23.1 Å². The zero-order chi connectivity index (χ0) is 17.1. The van der Waals surface area contributed by atoms with E-state index in [4.69, 9.17) is 5.11 Å². The first-order valence-electron chi connectivity index (χ1n) is 7.01. The Bertz CT molecular complexity index is 883. The van der Waals surface area contributed by atoms with Crippen LogP contribution in [0.15, 0.2) is 15.7 Å². The fourth-order valence-electron chi connectivity index (χ4n) is 2.25. The van der Waals surface area contributed by atoms with Crippen molar-refractivity contribution in [1.82, 2.24) is 20.3 Å². The van der Waals surface area contributed by atoms with Crippen LogP contribution in [0.2, 0.25) is 0 Å². The molecule has 0 aliphatic carbocycles. The number of carbonyl (C=O) groups excluding carboxylic acids is 1. The summed E-state index contributed by atoms with van der Waals surface area (Å²) < 4.78 is 0. The van der Waals surface area contributed by atoms with Crippen molar-refractivity contribution in [2.75, 3.05) is 0 Å². The Morgan fingerprint density at radius 1 is 1.35 bits per heavy atom. The largest absolute Gasteiger partial charge is 0.480 e. The molecule has 0 spiro atoms. The van der Waals surface area contributed by atoms with Gasteiger partial charge in [0.05, 0.1) is 5.39 Å². The Balaban J connectivity index is 2.44. The molecule has 2 aromatic heterocycles. The summed E-state index contributed by atoms with van der Waals surface area (Å²) in [6.07, 6.45) is 0.869. The predicted octanol–water partition coefficient (Wildman–Crippen LogP) is -0.0971. The molecule has 0 radical (unpaired) electrons. The van der Waals surface area contributed by atoms with Crippen LogP contribution in [-0.4, -0.2) is 38.0 Å². The van der Waals surface area contributed by atoms with Crippen molar-refractivity contribution in [1.29, 1.82) is 0 Å². The molecule has 1 amide bonds. The fourth-order valence-corrected chi connectivity index (χ4v) is 2.25. The Kier molecular flexibility index (Phi) is 4.58. The molecule has 0 saturated heterocycles. The average molecular weight is 320 g/mol. The molecule has 0 fully saturated rings. The highest BCUT2D eigenvalue weighted by Gasteiger charge is 2.21. The maximum Gasteiger partial charge on any atom is 0.327 e. The molecule has 2 rings (SSSR count). The maximum absolute atomic E-state index is 12.2. The molecular weight excluding hydrogens is 304 g/mol. The van der Waals surface area contributed by atoms with Crippen molar-refractivity contribution >= 4 is 22.9 Å². The molecular formula is C14H16N4O5. The first kappa shape index (κ1) is 16.4. The second-order valence-corrected chi connectivity index (χ2v) is 5.11. The van der Waals surface area contributed by atoms with E-state index >= 15 is 0 Å². The van der Waals surface area contributed by atoms with Crippen LogP contribution in [0.25, 0.3) is 11.0 Å². The van der Waals surface area contributed by atoms with Crippen molar-refractivity contribution in [2.24, 2.45) is 0 Å². The summed E-state index contributed by atoms with van der Waals surface area (Å²) in [5.41, 5.74) is -0.985. The average Bonchev–Trinajstić information content (AvgIpc) is 2.45. The molecule has 1 atom stereocenters. The smallest absolute Gasteiger partial charge is 0.327 e. The van der Waals surface area contributed by atoms with Gasteiger partial charge in [0.15, 0.2) is 0 Å². The lowest BCUT2D eigenvalue weighted by atomic mass is 10.1. The third kappa shape index (κ3) is 3.44. The number of aryl methyl sites for hydroxylation is 1. The Morgan fingerprint density at radius 2 is 2.04 bits per heavy atom. The highest BCUT2D eigenvalue weighted by Crippen LogP contribution is 2.11. The summed E-state index contributed by atoms with van der Waals surface area (Å²) in [4.78, 5) is 54.7. The first-order chi connectivity index (χ1) is 10.8. The summed E-state index contributed by atoms with van der Waals surface area (Å²) >= 11 is 0. The summed E-state index contributed by atoms with van der Waals surface area (Å²) in [7, 11) is 0. The standard InChI is InChI=1S/C14H16N4O5/c1-3-4-7(13(21)22)16-11(19)8-5-6(2)9-10(15-8)17-14(23)18-12(9)20/h5,7H,3-4H2,1-2H3,(H,16,19)(H,21,22)(H2,15,17,18,20,23). The molecule has 0 aromatic carbocycles.